The van der Waals surface area contributed by atoms with Crippen LogP contribution in [-0.2, 0) is 7.05 Å². The predicted octanol–water partition coefficient (Wildman–Crippen LogP) is -0.0760. The van der Waals surface area contributed by atoms with Gasteiger partial charge in [-0.3, -0.25) is 10.00 Å². The maximum Gasteiger partial charge on any atom is 0.320 e. The number of amides is 2. The van der Waals surface area contributed by atoms with E-state index >= 15 is 0 Å². The summed E-state index contributed by atoms with van der Waals surface area (Å²) < 4.78 is 1.56. The van der Waals surface area contributed by atoms with Crippen LogP contribution in [0.1, 0.15) is 6.42 Å². The van der Waals surface area contributed by atoms with Crippen LogP contribution in [0, 0.1) is 0 Å². The molecule has 78 valence electrons. The molecule has 14 heavy (non-hydrogen) atoms. The lowest BCUT2D eigenvalue weighted by Crippen LogP contribution is -2.30. The quantitative estimate of drug-likeness (QED) is 0.592. The Balaban J connectivity index is 2.31. The molecule has 0 fully saturated rings. The van der Waals surface area contributed by atoms with E-state index in [0.29, 0.717) is 18.8 Å². The third kappa shape index (κ3) is 3.06. The van der Waals surface area contributed by atoms with E-state index in [2.05, 4.69) is 15.7 Å². The lowest BCUT2D eigenvalue weighted by molar-refractivity contribution is 0.248. The zero-order chi connectivity index (χ0) is 10.4. The molecule has 0 aliphatic rings. The molecule has 0 spiro atoms. The van der Waals surface area contributed by atoms with Gasteiger partial charge in [-0.15, -0.1) is 0 Å². The fourth-order valence-corrected chi connectivity index (χ4v) is 0.938. The van der Waals surface area contributed by atoms with Crippen LogP contribution in [0.25, 0.3) is 0 Å². The molecule has 0 aliphatic heterocycles. The summed E-state index contributed by atoms with van der Waals surface area (Å²) in [6.07, 6.45) is 2.15. The van der Waals surface area contributed by atoms with E-state index in [4.69, 9.17) is 5.11 Å². The maximum absolute atomic E-state index is 11.2. The van der Waals surface area contributed by atoms with Gasteiger partial charge < -0.3 is 10.4 Å². The van der Waals surface area contributed by atoms with Gasteiger partial charge in [-0.05, 0) is 6.42 Å². The summed E-state index contributed by atoms with van der Waals surface area (Å²) in [6, 6.07) is 1.41. The van der Waals surface area contributed by atoms with Crippen molar-refractivity contribution in [2.45, 2.75) is 6.42 Å². The number of carbonyl (C=O) groups excluding carboxylic acids is 1. The molecule has 0 saturated heterocycles. The molecule has 0 radical (unpaired) electrons. The summed E-state index contributed by atoms with van der Waals surface area (Å²) in [5.74, 6) is 0.631. The van der Waals surface area contributed by atoms with Crippen molar-refractivity contribution in [3.8, 4) is 0 Å². The highest BCUT2D eigenvalue weighted by Crippen LogP contribution is 2.01. The third-order valence-corrected chi connectivity index (χ3v) is 1.68. The van der Waals surface area contributed by atoms with Crippen LogP contribution >= 0.6 is 0 Å². The van der Waals surface area contributed by atoms with Gasteiger partial charge in [0, 0.05) is 26.3 Å². The van der Waals surface area contributed by atoms with E-state index in [1.54, 1.807) is 24.0 Å². The number of nitrogens with zero attached hydrogens (tertiary/aromatic N) is 2. The van der Waals surface area contributed by atoms with Gasteiger partial charge in [-0.25, -0.2) is 4.79 Å². The van der Waals surface area contributed by atoms with E-state index in [-0.39, 0.29) is 12.6 Å². The molecule has 1 heterocycles. The summed E-state index contributed by atoms with van der Waals surface area (Å²) >= 11 is 0. The van der Waals surface area contributed by atoms with Crippen LogP contribution in [-0.4, -0.2) is 34.1 Å². The molecule has 1 aromatic rings. The number of rotatable bonds is 4. The first-order valence-electron chi connectivity index (χ1n) is 4.37. The number of aryl methyl sites for hydroxylation is 1. The number of nitrogens with one attached hydrogen (secondary N) is 2. The SMILES string of the molecule is Cn1nccc1NC(=O)NCCCO. The van der Waals surface area contributed by atoms with Gasteiger partial charge in [0.15, 0.2) is 0 Å². The predicted molar refractivity (Wildman–Crippen MR) is 51.9 cm³/mol. The molecule has 2 amide bonds. The first-order valence-corrected chi connectivity index (χ1v) is 4.37. The second-order valence-corrected chi connectivity index (χ2v) is 2.80. The standard InChI is InChI=1S/C8H14N4O2/c1-12-7(3-5-10-12)11-8(14)9-4-2-6-13/h3,5,13H,2,4,6H2,1H3,(H2,9,11,14). The van der Waals surface area contributed by atoms with Gasteiger partial charge in [-0.2, -0.15) is 5.10 Å². The molecule has 0 unspecified atom stereocenters. The van der Waals surface area contributed by atoms with Crippen LogP contribution in [0.2, 0.25) is 0 Å². The molecule has 0 aliphatic carbocycles. The summed E-state index contributed by atoms with van der Waals surface area (Å²) in [7, 11) is 1.74. The number of carbonyl (C=O) groups is 1. The lowest BCUT2D eigenvalue weighted by atomic mass is 10.4. The zero-order valence-electron chi connectivity index (χ0n) is 8.03. The molecule has 0 aromatic carbocycles. The highest BCUT2D eigenvalue weighted by atomic mass is 16.3. The van der Waals surface area contributed by atoms with E-state index in [1.807, 2.05) is 0 Å². The van der Waals surface area contributed by atoms with E-state index in [1.165, 1.54) is 0 Å². The van der Waals surface area contributed by atoms with Gasteiger partial charge in [0.2, 0.25) is 0 Å². The lowest BCUT2D eigenvalue weighted by Gasteiger charge is -2.06. The monoisotopic (exact) mass is 198 g/mol. The molecule has 0 atom stereocenters. The molecular weight excluding hydrogens is 184 g/mol. The second-order valence-electron chi connectivity index (χ2n) is 2.80. The Morgan fingerprint density at radius 1 is 1.71 bits per heavy atom. The Morgan fingerprint density at radius 2 is 2.50 bits per heavy atom. The van der Waals surface area contributed by atoms with Crippen molar-refractivity contribution in [2.24, 2.45) is 7.05 Å². The first-order chi connectivity index (χ1) is 6.74. The molecule has 3 N–H and O–H groups in total. The molecule has 6 heteroatoms. The molecule has 0 bridgehead atoms. The number of hydrogen-bond donors (Lipinski definition) is 3. The number of aromatic nitrogens is 2. The summed E-state index contributed by atoms with van der Waals surface area (Å²) in [5.41, 5.74) is 0. The smallest absolute Gasteiger partial charge is 0.320 e. The van der Waals surface area contributed by atoms with Crippen molar-refractivity contribution in [2.75, 3.05) is 18.5 Å². The topological polar surface area (TPSA) is 79.2 Å². The van der Waals surface area contributed by atoms with Crippen LogP contribution < -0.4 is 10.6 Å². The van der Waals surface area contributed by atoms with Crippen molar-refractivity contribution < 1.29 is 9.90 Å². The normalized spacial score (nSPS) is 9.86. The summed E-state index contributed by atoms with van der Waals surface area (Å²) in [6.45, 7) is 0.534. The average molecular weight is 198 g/mol. The van der Waals surface area contributed by atoms with Crippen molar-refractivity contribution in [3.63, 3.8) is 0 Å². The third-order valence-electron chi connectivity index (χ3n) is 1.68. The highest BCUT2D eigenvalue weighted by Gasteiger charge is 2.02. The zero-order valence-corrected chi connectivity index (χ0v) is 8.03. The van der Waals surface area contributed by atoms with Crippen molar-refractivity contribution in [1.82, 2.24) is 15.1 Å². The largest absolute Gasteiger partial charge is 0.396 e. The molecule has 6 nitrogen and oxygen atoms in total. The van der Waals surface area contributed by atoms with Crippen LogP contribution in [0.4, 0.5) is 10.6 Å². The minimum Gasteiger partial charge on any atom is -0.396 e. The number of aliphatic hydroxyl groups excluding tert-OH is 1. The van der Waals surface area contributed by atoms with Crippen molar-refractivity contribution in [1.29, 1.82) is 0 Å². The van der Waals surface area contributed by atoms with Crippen LogP contribution in [0.3, 0.4) is 0 Å². The van der Waals surface area contributed by atoms with E-state index in [9.17, 15) is 4.79 Å². The minimum atomic E-state index is -0.290. The Labute approximate surface area is 81.9 Å². The number of urea groups is 1. The Bertz CT molecular complexity index is 297. The van der Waals surface area contributed by atoms with Gasteiger partial charge in [0.05, 0.1) is 6.20 Å². The van der Waals surface area contributed by atoms with Crippen LogP contribution in [0.5, 0.6) is 0 Å². The van der Waals surface area contributed by atoms with Crippen molar-refractivity contribution in [3.05, 3.63) is 12.3 Å². The van der Waals surface area contributed by atoms with Gasteiger partial charge in [0.1, 0.15) is 5.82 Å². The van der Waals surface area contributed by atoms with E-state index < -0.39 is 0 Å². The number of anilines is 1. The molecule has 1 rings (SSSR count). The average Bonchev–Trinajstić information content (AvgIpc) is 2.52. The highest BCUT2D eigenvalue weighted by molar-refractivity contribution is 5.88. The molecular formula is C8H14N4O2. The molecule has 0 saturated carbocycles. The fourth-order valence-electron chi connectivity index (χ4n) is 0.938. The van der Waals surface area contributed by atoms with Crippen molar-refractivity contribution >= 4 is 11.8 Å². The number of aliphatic hydroxyl groups is 1. The molecule has 1 aromatic heterocycles. The second kappa shape index (κ2) is 5.23. The fraction of sp³-hybridized carbons (Fsp3) is 0.500. The van der Waals surface area contributed by atoms with Gasteiger partial charge in [0.25, 0.3) is 0 Å². The number of hydrogen-bond acceptors (Lipinski definition) is 3. The van der Waals surface area contributed by atoms with Crippen LogP contribution in [0.15, 0.2) is 12.3 Å². The minimum absolute atomic E-state index is 0.0754. The van der Waals surface area contributed by atoms with Gasteiger partial charge >= 0.3 is 6.03 Å². The Hall–Kier alpha value is -1.56. The summed E-state index contributed by atoms with van der Waals surface area (Å²) in [4.78, 5) is 11.2. The Morgan fingerprint density at radius 3 is 3.07 bits per heavy atom. The van der Waals surface area contributed by atoms with Gasteiger partial charge in [-0.1, -0.05) is 0 Å². The summed E-state index contributed by atoms with van der Waals surface area (Å²) in [5, 5.41) is 17.6. The Kier molecular flexibility index (Phi) is 3.93. The van der Waals surface area contributed by atoms with E-state index in [0.717, 1.165) is 0 Å². The first kappa shape index (κ1) is 10.5. The maximum atomic E-state index is 11.2.